The highest BCUT2D eigenvalue weighted by molar-refractivity contribution is 5.73. The lowest BCUT2D eigenvalue weighted by Crippen LogP contribution is -2.70. The molecule has 36 heavy (non-hydrogen) atoms. The maximum atomic E-state index is 11.9. The molecule has 12 heteroatoms. The van der Waals surface area contributed by atoms with Crippen molar-refractivity contribution in [3.8, 4) is 0 Å². The molecule has 1 aromatic rings. The number of hydrogen-bond acceptors (Lipinski definition) is 11. The van der Waals surface area contributed by atoms with Crippen LogP contribution in [0.3, 0.4) is 0 Å². The second kappa shape index (κ2) is 13.7. The number of nitrogens with one attached hydrogen (secondary N) is 1. The topological polar surface area (TPSA) is 182 Å². The summed E-state index contributed by atoms with van der Waals surface area (Å²) in [4.78, 5) is 11.9. The van der Waals surface area contributed by atoms with Gasteiger partial charge in [-0.05, 0) is 12.0 Å². The summed E-state index contributed by atoms with van der Waals surface area (Å²) in [7, 11) is 0. The van der Waals surface area contributed by atoms with Crippen LogP contribution < -0.4 is 11.1 Å². The highest BCUT2D eigenvalue weighted by atomic mass is 16.7. The molecule has 3 rings (SSSR count). The molecular formula is C24H38N2O10. The van der Waals surface area contributed by atoms with Crippen LogP contribution in [-0.2, 0) is 35.1 Å². The monoisotopic (exact) mass is 514 g/mol. The van der Waals surface area contributed by atoms with Crippen LogP contribution in [0.5, 0.6) is 0 Å². The Balaban J connectivity index is 1.80. The van der Waals surface area contributed by atoms with Crippen LogP contribution >= 0.6 is 0 Å². The summed E-state index contributed by atoms with van der Waals surface area (Å²) in [6, 6.07) is 7.82. The van der Waals surface area contributed by atoms with Gasteiger partial charge >= 0.3 is 0 Å². The molecule has 0 radical (unpaired) electrons. The van der Waals surface area contributed by atoms with Gasteiger partial charge in [-0.3, -0.25) is 4.79 Å². The van der Waals surface area contributed by atoms with E-state index < -0.39 is 67.9 Å². The molecule has 7 N–H and O–H groups in total. The molecule has 10 atom stereocenters. The first-order valence-electron chi connectivity index (χ1n) is 12.1. The normalized spacial score (nSPS) is 37.0. The van der Waals surface area contributed by atoms with E-state index in [1.54, 1.807) is 0 Å². The third-order valence-electron chi connectivity index (χ3n) is 6.15. The molecule has 0 unspecified atom stereocenters. The molecule has 0 bridgehead atoms. The smallest absolute Gasteiger partial charge is 0.217 e. The maximum absolute atomic E-state index is 11.9. The highest BCUT2D eigenvalue weighted by Gasteiger charge is 2.50. The number of rotatable bonds is 11. The fourth-order valence-corrected chi connectivity index (χ4v) is 4.26. The largest absolute Gasteiger partial charge is 0.394 e. The lowest BCUT2D eigenvalue weighted by atomic mass is 9.93. The summed E-state index contributed by atoms with van der Waals surface area (Å²) in [6.07, 6.45) is -9.36. The third kappa shape index (κ3) is 7.19. The van der Waals surface area contributed by atoms with E-state index in [1.165, 1.54) is 6.92 Å². The molecule has 2 aliphatic rings. The van der Waals surface area contributed by atoms with Crippen molar-refractivity contribution in [1.82, 2.24) is 5.32 Å². The Hall–Kier alpha value is -1.71. The van der Waals surface area contributed by atoms with E-state index in [1.807, 2.05) is 37.3 Å². The van der Waals surface area contributed by atoms with Crippen molar-refractivity contribution in [3.63, 3.8) is 0 Å². The molecule has 0 saturated carbocycles. The number of carbonyl (C=O) groups excluding carboxylic acids is 1. The van der Waals surface area contributed by atoms with Crippen molar-refractivity contribution in [2.24, 2.45) is 5.73 Å². The standard InChI is InChI=1S/C24H38N2O10/c1-3-9-33-23-18(26-13(2)28)17(25)22(16(35-23)12-32-11-14-7-5-4-6-8-14)36-24-21(31)20(30)19(29)15(10-27)34-24/h4-8,15-24,27,29-31H,3,9-12,25H2,1-2H3,(H,26,28)/t15-,16-,17-,18-,19+,20+,21-,22-,23-,24+/m1/s1. The first-order chi connectivity index (χ1) is 17.3. The van der Waals surface area contributed by atoms with Crippen LogP contribution in [0.2, 0.25) is 0 Å². The Kier molecular flexibility index (Phi) is 11.0. The molecule has 12 nitrogen and oxygen atoms in total. The van der Waals surface area contributed by atoms with Crippen molar-refractivity contribution in [1.29, 1.82) is 0 Å². The number of carbonyl (C=O) groups is 1. The number of ether oxygens (including phenoxy) is 5. The Morgan fingerprint density at radius 2 is 1.75 bits per heavy atom. The van der Waals surface area contributed by atoms with E-state index in [9.17, 15) is 25.2 Å². The van der Waals surface area contributed by atoms with Gasteiger partial charge in [-0.15, -0.1) is 0 Å². The minimum absolute atomic E-state index is 0.0312. The molecule has 0 aliphatic carbocycles. The van der Waals surface area contributed by atoms with Gasteiger partial charge in [0, 0.05) is 13.5 Å². The van der Waals surface area contributed by atoms with Gasteiger partial charge in [0.1, 0.15) is 36.6 Å². The Labute approximate surface area is 210 Å². The minimum Gasteiger partial charge on any atom is -0.394 e. The number of nitrogens with two attached hydrogens (primary N) is 1. The summed E-state index contributed by atoms with van der Waals surface area (Å²) in [5.41, 5.74) is 7.49. The molecular weight excluding hydrogens is 476 g/mol. The third-order valence-corrected chi connectivity index (χ3v) is 6.15. The molecule has 204 valence electrons. The van der Waals surface area contributed by atoms with Gasteiger partial charge in [-0.25, -0.2) is 0 Å². The van der Waals surface area contributed by atoms with E-state index >= 15 is 0 Å². The number of hydrogen-bond donors (Lipinski definition) is 6. The van der Waals surface area contributed by atoms with Gasteiger partial charge in [0.15, 0.2) is 12.6 Å². The fourth-order valence-electron chi connectivity index (χ4n) is 4.26. The van der Waals surface area contributed by atoms with Gasteiger partial charge in [-0.2, -0.15) is 0 Å². The van der Waals surface area contributed by atoms with E-state index in [0.29, 0.717) is 13.0 Å². The van der Waals surface area contributed by atoms with Crippen LogP contribution in [0.1, 0.15) is 25.8 Å². The van der Waals surface area contributed by atoms with Crippen LogP contribution in [0.15, 0.2) is 30.3 Å². The Bertz CT molecular complexity index is 800. The van der Waals surface area contributed by atoms with Crippen molar-refractivity contribution in [2.75, 3.05) is 19.8 Å². The van der Waals surface area contributed by atoms with Crippen LogP contribution in [0.4, 0.5) is 0 Å². The van der Waals surface area contributed by atoms with Crippen molar-refractivity contribution >= 4 is 5.91 Å². The summed E-state index contributed by atoms with van der Waals surface area (Å²) in [5.74, 6) is -0.352. The first-order valence-corrected chi connectivity index (χ1v) is 12.1. The zero-order valence-corrected chi connectivity index (χ0v) is 20.5. The Morgan fingerprint density at radius 1 is 1.06 bits per heavy atom. The number of aliphatic hydroxyl groups is 4. The summed E-state index contributed by atoms with van der Waals surface area (Å²) >= 11 is 0. The van der Waals surface area contributed by atoms with Crippen LogP contribution in [0, 0.1) is 0 Å². The van der Waals surface area contributed by atoms with E-state index in [-0.39, 0.29) is 19.1 Å². The average molecular weight is 515 g/mol. The van der Waals surface area contributed by atoms with Gasteiger partial charge in [0.2, 0.25) is 5.91 Å². The number of aliphatic hydroxyl groups excluding tert-OH is 4. The van der Waals surface area contributed by atoms with E-state index in [4.69, 9.17) is 29.4 Å². The Morgan fingerprint density at radius 3 is 2.39 bits per heavy atom. The second-order valence-electron chi connectivity index (χ2n) is 9.02. The van der Waals surface area contributed by atoms with Crippen LogP contribution in [0.25, 0.3) is 0 Å². The predicted molar refractivity (Wildman–Crippen MR) is 125 cm³/mol. The molecule has 2 saturated heterocycles. The molecule has 1 amide bonds. The molecule has 2 heterocycles. The van der Waals surface area contributed by atoms with Gasteiger partial charge < -0.3 is 55.2 Å². The summed E-state index contributed by atoms with van der Waals surface area (Å²) < 4.78 is 29.3. The molecule has 2 aliphatic heterocycles. The minimum atomic E-state index is -1.63. The maximum Gasteiger partial charge on any atom is 0.217 e. The van der Waals surface area contributed by atoms with Crippen molar-refractivity contribution < 1.29 is 48.9 Å². The predicted octanol–water partition coefficient (Wildman–Crippen LogP) is -1.63. The lowest BCUT2D eigenvalue weighted by Gasteiger charge is -2.48. The zero-order chi connectivity index (χ0) is 26.2. The zero-order valence-electron chi connectivity index (χ0n) is 20.5. The van der Waals surface area contributed by atoms with Crippen LogP contribution in [-0.4, -0.2) is 107 Å². The molecule has 0 spiro atoms. The first kappa shape index (κ1) is 28.9. The quantitative estimate of drug-likeness (QED) is 0.199. The van der Waals surface area contributed by atoms with Crippen molar-refractivity contribution in [2.45, 2.75) is 88.2 Å². The highest BCUT2D eigenvalue weighted by Crippen LogP contribution is 2.29. The van der Waals surface area contributed by atoms with E-state index in [0.717, 1.165) is 5.56 Å². The molecule has 0 aromatic heterocycles. The number of benzene rings is 1. The van der Waals surface area contributed by atoms with Crippen molar-refractivity contribution in [3.05, 3.63) is 35.9 Å². The van der Waals surface area contributed by atoms with E-state index in [2.05, 4.69) is 5.32 Å². The lowest BCUT2D eigenvalue weighted by molar-refractivity contribution is -0.338. The van der Waals surface area contributed by atoms with Gasteiger partial charge in [0.05, 0.1) is 31.9 Å². The number of amides is 1. The van der Waals surface area contributed by atoms with Gasteiger partial charge in [0.25, 0.3) is 0 Å². The molecule has 1 aromatic carbocycles. The average Bonchev–Trinajstić information content (AvgIpc) is 2.87. The van der Waals surface area contributed by atoms with Gasteiger partial charge in [-0.1, -0.05) is 37.3 Å². The second-order valence-corrected chi connectivity index (χ2v) is 9.02. The molecule has 2 fully saturated rings. The summed E-state index contributed by atoms with van der Waals surface area (Å²) in [5, 5.41) is 43.0. The fraction of sp³-hybridized carbons (Fsp3) is 0.708. The SMILES string of the molecule is CCCO[C@@H]1O[C@H](COCc2ccccc2)[C@@H](O[C@@H]2O[C@H](CO)[C@H](O)[C@H](O)[C@H]2O)[C@H](N)[C@H]1NC(C)=O. The summed E-state index contributed by atoms with van der Waals surface area (Å²) in [6.45, 7) is 3.35.